The van der Waals surface area contributed by atoms with Crippen LogP contribution in [0.2, 0.25) is 0 Å². The maximum absolute atomic E-state index is 11.6. The zero-order valence-electron chi connectivity index (χ0n) is 11.6. The molecule has 0 saturated heterocycles. The van der Waals surface area contributed by atoms with E-state index in [1.807, 2.05) is 6.92 Å². The highest BCUT2D eigenvalue weighted by molar-refractivity contribution is 5.76. The van der Waals surface area contributed by atoms with Crippen molar-refractivity contribution in [2.24, 2.45) is 17.1 Å². The van der Waals surface area contributed by atoms with E-state index < -0.39 is 0 Å². The molecule has 0 aromatic heterocycles. The second-order valence-corrected chi connectivity index (χ2v) is 6.26. The minimum Gasteiger partial charge on any atom is -0.355 e. The molecule has 3 N–H and O–H groups in total. The highest BCUT2D eigenvalue weighted by Gasteiger charge is 2.34. The van der Waals surface area contributed by atoms with Crippen LogP contribution in [-0.4, -0.2) is 18.5 Å². The molecule has 3 heteroatoms. The monoisotopic (exact) mass is 240 g/mol. The summed E-state index contributed by atoms with van der Waals surface area (Å²) in [5, 5.41) is 3.08. The van der Waals surface area contributed by atoms with Gasteiger partial charge in [0.25, 0.3) is 0 Å². The van der Waals surface area contributed by atoms with E-state index in [2.05, 4.69) is 19.2 Å². The van der Waals surface area contributed by atoms with Gasteiger partial charge in [0.15, 0.2) is 0 Å². The van der Waals surface area contributed by atoms with Crippen molar-refractivity contribution in [2.45, 2.75) is 65.3 Å². The summed E-state index contributed by atoms with van der Waals surface area (Å²) in [6, 6.07) is -0.0420. The van der Waals surface area contributed by atoms with E-state index in [-0.39, 0.29) is 11.9 Å². The molecule has 1 aliphatic carbocycles. The van der Waals surface area contributed by atoms with Gasteiger partial charge in [0.1, 0.15) is 0 Å². The first-order chi connectivity index (χ1) is 7.93. The second-order valence-electron chi connectivity index (χ2n) is 6.26. The van der Waals surface area contributed by atoms with E-state index in [4.69, 9.17) is 5.73 Å². The molecule has 0 spiro atoms. The quantitative estimate of drug-likeness (QED) is 0.749. The van der Waals surface area contributed by atoms with Gasteiger partial charge in [-0.2, -0.15) is 0 Å². The fraction of sp³-hybridized carbons (Fsp3) is 0.929. The minimum absolute atomic E-state index is 0.0420. The van der Waals surface area contributed by atoms with Gasteiger partial charge in [-0.3, -0.25) is 4.79 Å². The van der Waals surface area contributed by atoms with Crippen molar-refractivity contribution in [1.29, 1.82) is 0 Å². The van der Waals surface area contributed by atoms with Crippen LogP contribution in [0.15, 0.2) is 0 Å². The lowest BCUT2D eigenvalue weighted by molar-refractivity contribution is -0.121. The van der Waals surface area contributed by atoms with Crippen molar-refractivity contribution >= 4 is 5.91 Å². The molecule has 0 aromatic rings. The SMILES string of the molecule is CC(C)CC1(CNC(=O)CC(C)N)CCCC1. The van der Waals surface area contributed by atoms with Crippen LogP contribution < -0.4 is 11.1 Å². The summed E-state index contributed by atoms with van der Waals surface area (Å²) in [5.41, 5.74) is 5.99. The van der Waals surface area contributed by atoms with E-state index in [1.54, 1.807) is 0 Å². The number of carbonyl (C=O) groups is 1. The second kappa shape index (κ2) is 6.39. The molecule has 1 amide bonds. The van der Waals surface area contributed by atoms with Gasteiger partial charge in [-0.1, -0.05) is 26.7 Å². The van der Waals surface area contributed by atoms with Gasteiger partial charge < -0.3 is 11.1 Å². The molecule has 100 valence electrons. The summed E-state index contributed by atoms with van der Waals surface area (Å²) in [4.78, 5) is 11.6. The smallest absolute Gasteiger partial charge is 0.221 e. The molecule has 0 bridgehead atoms. The van der Waals surface area contributed by atoms with Gasteiger partial charge in [0.05, 0.1) is 0 Å². The lowest BCUT2D eigenvalue weighted by atomic mass is 9.78. The first-order valence-corrected chi connectivity index (χ1v) is 6.96. The summed E-state index contributed by atoms with van der Waals surface area (Å²) < 4.78 is 0. The number of hydrogen-bond donors (Lipinski definition) is 2. The van der Waals surface area contributed by atoms with Gasteiger partial charge in [-0.15, -0.1) is 0 Å². The first-order valence-electron chi connectivity index (χ1n) is 6.96. The van der Waals surface area contributed by atoms with Gasteiger partial charge >= 0.3 is 0 Å². The van der Waals surface area contributed by atoms with E-state index >= 15 is 0 Å². The van der Waals surface area contributed by atoms with E-state index in [9.17, 15) is 4.79 Å². The first kappa shape index (κ1) is 14.5. The van der Waals surface area contributed by atoms with Crippen LogP contribution in [0, 0.1) is 11.3 Å². The fourth-order valence-corrected chi connectivity index (χ4v) is 3.09. The summed E-state index contributed by atoms with van der Waals surface area (Å²) in [5.74, 6) is 0.813. The molecule has 17 heavy (non-hydrogen) atoms. The molecule has 1 rings (SSSR count). The van der Waals surface area contributed by atoms with E-state index in [1.165, 1.54) is 32.1 Å². The molecular formula is C14H28N2O. The van der Waals surface area contributed by atoms with Crippen LogP contribution in [-0.2, 0) is 4.79 Å². The van der Waals surface area contributed by atoms with Crippen molar-refractivity contribution in [3.05, 3.63) is 0 Å². The van der Waals surface area contributed by atoms with Crippen LogP contribution in [0.5, 0.6) is 0 Å². The maximum Gasteiger partial charge on any atom is 0.221 e. The Bertz CT molecular complexity index is 243. The van der Waals surface area contributed by atoms with Gasteiger partial charge in [-0.05, 0) is 37.5 Å². The number of nitrogens with two attached hydrogens (primary N) is 1. The molecule has 0 aromatic carbocycles. The maximum atomic E-state index is 11.6. The number of hydrogen-bond acceptors (Lipinski definition) is 2. The van der Waals surface area contributed by atoms with Gasteiger partial charge in [-0.25, -0.2) is 0 Å². The summed E-state index contributed by atoms with van der Waals surface area (Å²) in [6.45, 7) is 7.25. The highest BCUT2D eigenvalue weighted by atomic mass is 16.1. The number of rotatable bonds is 6. The molecule has 1 saturated carbocycles. The zero-order chi connectivity index (χ0) is 12.9. The third-order valence-corrected chi connectivity index (χ3v) is 3.67. The third-order valence-electron chi connectivity index (χ3n) is 3.67. The molecule has 1 aliphatic rings. The van der Waals surface area contributed by atoms with Crippen LogP contribution in [0.3, 0.4) is 0 Å². The minimum atomic E-state index is -0.0420. The van der Waals surface area contributed by atoms with Gasteiger partial charge in [0, 0.05) is 19.0 Å². The zero-order valence-corrected chi connectivity index (χ0v) is 11.6. The Balaban J connectivity index is 2.42. The molecule has 3 nitrogen and oxygen atoms in total. The predicted octanol–water partition coefficient (Wildman–Crippen LogP) is 2.45. The Morgan fingerprint density at radius 3 is 2.35 bits per heavy atom. The molecule has 0 heterocycles. The van der Waals surface area contributed by atoms with Crippen LogP contribution >= 0.6 is 0 Å². The summed E-state index contributed by atoms with van der Waals surface area (Å²) in [7, 11) is 0. The van der Waals surface area contributed by atoms with Crippen molar-refractivity contribution in [3.8, 4) is 0 Å². The average molecular weight is 240 g/mol. The topological polar surface area (TPSA) is 55.1 Å². The molecular weight excluding hydrogens is 212 g/mol. The lowest BCUT2D eigenvalue weighted by Crippen LogP contribution is -2.38. The fourth-order valence-electron chi connectivity index (χ4n) is 3.09. The van der Waals surface area contributed by atoms with Crippen LogP contribution in [0.4, 0.5) is 0 Å². The lowest BCUT2D eigenvalue weighted by Gasteiger charge is -2.31. The standard InChI is InChI=1S/C14H28N2O/c1-11(2)9-14(6-4-5-7-14)10-16-13(17)8-12(3)15/h11-12H,4-10,15H2,1-3H3,(H,16,17). The molecule has 0 radical (unpaired) electrons. The van der Waals surface area contributed by atoms with Crippen molar-refractivity contribution < 1.29 is 4.79 Å². The van der Waals surface area contributed by atoms with E-state index in [0.717, 1.165) is 6.54 Å². The van der Waals surface area contributed by atoms with Gasteiger partial charge in [0.2, 0.25) is 5.91 Å². The highest BCUT2D eigenvalue weighted by Crippen LogP contribution is 2.42. The van der Waals surface area contributed by atoms with E-state index in [0.29, 0.717) is 17.8 Å². The Morgan fingerprint density at radius 2 is 1.88 bits per heavy atom. The molecule has 0 aliphatic heterocycles. The van der Waals surface area contributed by atoms with Crippen molar-refractivity contribution in [2.75, 3.05) is 6.54 Å². The predicted molar refractivity (Wildman–Crippen MR) is 71.6 cm³/mol. The van der Waals surface area contributed by atoms with Crippen molar-refractivity contribution in [1.82, 2.24) is 5.32 Å². The Labute approximate surface area is 106 Å². The molecule has 1 fully saturated rings. The van der Waals surface area contributed by atoms with Crippen LogP contribution in [0.1, 0.15) is 59.3 Å². The Morgan fingerprint density at radius 1 is 1.29 bits per heavy atom. The molecule has 1 atom stereocenters. The van der Waals surface area contributed by atoms with Crippen LogP contribution in [0.25, 0.3) is 0 Å². The number of carbonyl (C=O) groups excluding carboxylic acids is 1. The summed E-state index contributed by atoms with van der Waals surface area (Å²) in [6.07, 6.45) is 6.84. The molecule has 1 unspecified atom stereocenters. The normalized spacial score (nSPS) is 20.5. The summed E-state index contributed by atoms with van der Waals surface area (Å²) >= 11 is 0. The Hall–Kier alpha value is -0.570. The Kier molecular flexibility index (Phi) is 5.44. The number of amides is 1. The number of nitrogens with one attached hydrogen (secondary N) is 1. The third kappa shape index (κ3) is 5.07. The largest absolute Gasteiger partial charge is 0.355 e. The average Bonchev–Trinajstić information content (AvgIpc) is 2.62. The van der Waals surface area contributed by atoms with Crippen molar-refractivity contribution in [3.63, 3.8) is 0 Å².